The van der Waals surface area contributed by atoms with Gasteiger partial charge >= 0.3 is 0 Å². The highest BCUT2D eigenvalue weighted by molar-refractivity contribution is 7.91. The summed E-state index contributed by atoms with van der Waals surface area (Å²) < 4.78 is 41.1. The van der Waals surface area contributed by atoms with Crippen LogP contribution in [0.3, 0.4) is 0 Å². The van der Waals surface area contributed by atoms with E-state index >= 15 is 0 Å². The van der Waals surface area contributed by atoms with Gasteiger partial charge in [0, 0.05) is 5.56 Å². The molecule has 102 valence electrons. The maximum absolute atomic E-state index is 12.8. The summed E-state index contributed by atoms with van der Waals surface area (Å²) >= 11 is 0. The monoisotopic (exact) mass is 284 g/mol. The van der Waals surface area contributed by atoms with Gasteiger partial charge in [0.05, 0.1) is 5.25 Å². The Hall–Kier alpha value is -1.76. The topological polar surface area (TPSA) is 73.1 Å². The molecule has 0 saturated carbocycles. The lowest BCUT2D eigenvalue weighted by Crippen LogP contribution is -2.16. The van der Waals surface area contributed by atoms with Crippen molar-refractivity contribution in [1.82, 2.24) is 10.1 Å². The molecule has 0 radical (unpaired) electrons. The zero-order valence-corrected chi connectivity index (χ0v) is 11.3. The number of halogens is 1. The Kier molecular flexibility index (Phi) is 3.66. The van der Waals surface area contributed by atoms with Crippen LogP contribution in [0.1, 0.15) is 19.7 Å². The van der Waals surface area contributed by atoms with Crippen molar-refractivity contribution in [3.05, 3.63) is 36.0 Å². The van der Waals surface area contributed by atoms with Crippen LogP contribution in [0.4, 0.5) is 4.39 Å². The fourth-order valence-electron chi connectivity index (χ4n) is 1.37. The standard InChI is InChI=1S/C12H13FN2O3S/c1-8(2)19(16,17)7-11-14-12(15-18-11)9-3-5-10(13)6-4-9/h3-6,8H,7H2,1-2H3. The lowest BCUT2D eigenvalue weighted by atomic mass is 10.2. The Morgan fingerprint density at radius 2 is 1.89 bits per heavy atom. The zero-order chi connectivity index (χ0) is 14.0. The van der Waals surface area contributed by atoms with E-state index in [4.69, 9.17) is 4.52 Å². The molecule has 0 unspecified atom stereocenters. The summed E-state index contributed by atoms with van der Waals surface area (Å²) in [5.41, 5.74) is 0.568. The molecule has 0 aliphatic heterocycles. The fraction of sp³-hybridized carbons (Fsp3) is 0.333. The van der Waals surface area contributed by atoms with E-state index < -0.39 is 15.1 Å². The molecule has 1 aromatic heterocycles. The van der Waals surface area contributed by atoms with E-state index in [1.165, 1.54) is 24.3 Å². The normalized spacial score (nSPS) is 12.0. The first-order chi connectivity index (χ1) is 8.88. The quantitative estimate of drug-likeness (QED) is 0.860. The summed E-state index contributed by atoms with van der Waals surface area (Å²) in [6.45, 7) is 3.18. The SMILES string of the molecule is CC(C)S(=O)(=O)Cc1nc(-c2ccc(F)cc2)no1. The molecule has 2 rings (SSSR count). The van der Waals surface area contributed by atoms with Crippen LogP contribution >= 0.6 is 0 Å². The first-order valence-corrected chi connectivity index (χ1v) is 7.40. The predicted molar refractivity (Wildman–Crippen MR) is 67.5 cm³/mol. The van der Waals surface area contributed by atoms with Crippen LogP contribution in [0.15, 0.2) is 28.8 Å². The van der Waals surface area contributed by atoms with Crippen LogP contribution in [0, 0.1) is 5.82 Å². The lowest BCUT2D eigenvalue weighted by Gasteiger charge is -2.03. The van der Waals surface area contributed by atoms with Gasteiger partial charge in [-0.1, -0.05) is 5.16 Å². The molecule has 0 bridgehead atoms. The van der Waals surface area contributed by atoms with Gasteiger partial charge in [0.1, 0.15) is 11.6 Å². The van der Waals surface area contributed by atoms with Crippen molar-refractivity contribution in [1.29, 1.82) is 0 Å². The molecule has 19 heavy (non-hydrogen) atoms. The number of benzene rings is 1. The molecule has 1 heterocycles. The molecular formula is C12H13FN2O3S. The van der Waals surface area contributed by atoms with Crippen LogP contribution in [0.5, 0.6) is 0 Å². The Balaban J connectivity index is 2.22. The Bertz CT molecular complexity index is 663. The molecule has 0 spiro atoms. The van der Waals surface area contributed by atoms with Gasteiger partial charge in [-0.25, -0.2) is 12.8 Å². The zero-order valence-electron chi connectivity index (χ0n) is 10.5. The molecule has 0 amide bonds. The summed E-state index contributed by atoms with van der Waals surface area (Å²) in [6, 6.07) is 5.55. The Morgan fingerprint density at radius 1 is 1.26 bits per heavy atom. The van der Waals surface area contributed by atoms with E-state index in [1.807, 2.05) is 0 Å². The molecule has 0 aliphatic rings. The van der Waals surface area contributed by atoms with Gasteiger partial charge in [-0.05, 0) is 38.1 Å². The third-order valence-corrected chi connectivity index (χ3v) is 4.70. The summed E-state index contributed by atoms with van der Waals surface area (Å²) in [7, 11) is -3.28. The van der Waals surface area contributed by atoms with Crippen LogP contribution in [-0.2, 0) is 15.6 Å². The van der Waals surface area contributed by atoms with Gasteiger partial charge < -0.3 is 4.52 Å². The van der Waals surface area contributed by atoms with Crippen molar-refractivity contribution in [3.8, 4) is 11.4 Å². The summed E-state index contributed by atoms with van der Waals surface area (Å²) in [4.78, 5) is 4.00. The number of nitrogens with zero attached hydrogens (tertiary/aromatic N) is 2. The number of hydrogen-bond donors (Lipinski definition) is 0. The average Bonchev–Trinajstić information content (AvgIpc) is 2.77. The lowest BCUT2D eigenvalue weighted by molar-refractivity contribution is 0.389. The van der Waals surface area contributed by atoms with Crippen molar-refractivity contribution in [3.63, 3.8) is 0 Å². The van der Waals surface area contributed by atoms with Gasteiger partial charge in [-0.15, -0.1) is 0 Å². The molecule has 0 fully saturated rings. The van der Waals surface area contributed by atoms with Gasteiger partial charge in [0.25, 0.3) is 0 Å². The molecule has 1 aromatic carbocycles. The molecule has 5 nitrogen and oxygen atoms in total. The Morgan fingerprint density at radius 3 is 2.47 bits per heavy atom. The van der Waals surface area contributed by atoms with Crippen molar-refractivity contribution in [2.24, 2.45) is 0 Å². The van der Waals surface area contributed by atoms with E-state index in [9.17, 15) is 12.8 Å². The number of aromatic nitrogens is 2. The molecule has 7 heteroatoms. The second-order valence-electron chi connectivity index (χ2n) is 4.37. The second-order valence-corrected chi connectivity index (χ2v) is 6.93. The molecule has 0 aliphatic carbocycles. The van der Waals surface area contributed by atoms with Crippen molar-refractivity contribution in [2.75, 3.05) is 0 Å². The third-order valence-electron chi connectivity index (χ3n) is 2.61. The van der Waals surface area contributed by atoms with Gasteiger partial charge in [0.15, 0.2) is 9.84 Å². The maximum atomic E-state index is 12.8. The minimum absolute atomic E-state index is 0.0352. The largest absolute Gasteiger partial charge is 0.338 e. The molecule has 0 saturated heterocycles. The van der Waals surface area contributed by atoms with Gasteiger partial charge in [-0.2, -0.15) is 4.98 Å². The van der Waals surface area contributed by atoms with E-state index in [2.05, 4.69) is 10.1 Å². The van der Waals surface area contributed by atoms with Crippen LogP contribution in [0.2, 0.25) is 0 Å². The second kappa shape index (κ2) is 5.08. The highest BCUT2D eigenvalue weighted by atomic mass is 32.2. The fourth-order valence-corrected chi connectivity index (χ4v) is 2.16. The van der Waals surface area contributed by atoms with Crippen molar-refractivity contribution >= 4 is 9.84 Å². The average molecular weight is 284 g/mol. The van der Waals surface area contributed by atoms with Gasteiger partial charge in [0.2, 0.25) is 11.7 Å². The summed E-state index contributed by atoms with van der Waals surface area (Å²) in [5, 5.41) is 3.18. The highest BCUT2D eigenvalue weighted by Gasteiger charge is 2.21. The minimum Gasteiger partial charge on any atom is -0.338 e. The number of sulfone groups is 1. The van der Waals surface area contributed by atoms with Crippen molar-refractivity contribution in [2.45, 2.75) is 24.9 Å². The molecular weight excluding hydrogens is 271 g/mol. The first-order valence-electron chi connectivity index (χ1n) is 5.68. The number of rotatable bonds is 4. The Labute approximate surface area is 110 Å². The minimum atomic E-state index is -3.28. The van der Waals surface area contributed by atoms with Crippen LogP contribution in [0.25, 0.3) is 11.4 Å². The number of hydrogen-bond acceptors (Lipinski definition) is 5. The van der Waals surface area contributed by atoms with Crippen LogP contribution in [-0.4, -0.2) is 23.8 Å². The molecule has 0 atom stereocenters. The van der Waals surface area contributed by atoms with E-state index in [0.717, 1.165) is 0 Å². The first kappa shape index (κ1) is 13.7. The summed E-state index contributed by atoms with van der Waals surface area (Å²) in [6.07, 6.45) is 0. The predicted octanol–water partition coefficient (Wildman–Crippen LogP) is 2.20. The van der Waals surface area contributed by atoms with E-state index in [-0.39, 0.29) is 23.3 Å². The van der Waals surface area contributed by atoms with E-state index in [1.54, 1.807) is 13.8 Å². The van der Waals surface area contributed by atoms with Crippen molar-refractivity contribution < 1.29 is 17.3 Å². The summed E-state index contributed by atoms with van der Waals surface area (Å²) in [5.74, 6) is -0.379. The maximum Gasteiger partial charge on any atom is 0.242 e. The molecule has 0 N–H and O–H groups in total. The van der Waals surface area contributed by atoms with Gasteiger partial charge in [-0.3, -0.25) is 0 Å². The molecule has 2 aromatic rings. The van der Waals surface area contributed by atoms with E-state index in [0.29, 0.717) is 5.56 Å². The van der Waals surface area contributed by atoms with Crippen LogP contribution < -0.4 is 0 Å². The highest BCUT2D eigenvalue weighted by Crippen LogP contribution is 2.17. The third kappa shape index (κ3) is 3.17. The smallest absolute Gasteiger partial charge is 0.242 e.